The summed E-state index contributed by atoms with van der Waals surface area (Å²) in [6.45, 7) is 13.0. The van der Waals surface area contributed by atoms with E-state index in [2.05, 4.69) is 11.9 Å². The monoisotopic (exact) mass is 401 g/mol. The average molecular weight is 402 g/mol. The molecule has 8 heteroatoms. The van der Waals surface area contributed by atoms with E-state index in [9.17, 15) is 19.2 Å². The van der Waals surface area contributed by atoms with Gasteiger partial charge in [0.15, 0.2) is 0 Å². The van der Waals surface area contributed by atoms with Gasteiger partial charge in [0.05, 0.1) is 18.3 Å². The van der Waals surface area contributed by atoms with Crippen LogP contribution in [0.3, 0.4) is 0 Å². The van der Waals surface area contributed by atoms with Gasteiger partial charge in [-0.25, -0.2) is 0 Å². The van der Waals surface area contributed by atoms with E-state index < -0.39 is 17.4 Å². The quantitative estimate of drug-likeness (QED) is 0.166. The minimum atomic E-state index is -0.543. The fourth-order valence-corrected chi connectivity index (χ4v) is 1.36. The molecule has 28 heavy (non-hydrogen) atoms. The van der Waals surface area contributed by atoms with E-state index in [0.717, 1.165) is 12.8 Å². The molecule has 0 aromatic rings. The Morgan fingerprint density at radius 1 is 1.04 bits per heavy atom. The van der Waals surface area contributed by atoms with Gasteiger partial charge in [-0.1, -0.05) is 26.5 Å². The van der Waals surface area contributed by atoms with Crippen molar-refractivity contribution in [3.05, 3.63) is 12.7 Å². The molecule has 0 rings (SSSR count). The van der Waals surface area contributed by atoms with E-state index in [4.69, 9.17) is 14.2 Å². The number of amides is 1. The predicted octanol–water partition coefficient (Wildman–Crippen LogP) is 2.55. The maximum Gasteiger partial charge on any atom is 0.311 e. The van der Waals surface area contributed by atoms with E-state index in [-0.39, 0.29) is 38.6 Å². The molecule has 1 amide bonds. The van der Waals surface area contributed by atoms with Crippen molar-refractivity contribution in [3.63, 3.8) is 0 Å². The average Bonchev–Trinajstić information content (AvgIpc) is 2.68. The summed E-state index contributed by atoms with van der Waals surface area (Å²) < 4.78 is 14.6. The zero-order valence-electron chi connectivity index (χ0n) is 17.7. The molecule has 0 saturated carbocycles. The standard InChI is InChI=1S/C15H24O6.C5H11NO/c1-5-9-19-12(16)7-8-13(17)20-10-11-21-14(18)15(3,4)6-2;1-3-5(2)6-4-7/h5H,1,6-11H2,2-4H3;4-5H,3H2,1-2H3,(H,6,7). The van der Waals surface area contributed by atoms with E-state index >= 15 is 0 Å². The van der Waals surface area contributed by atoms with Crippen LogP contribution < -0.4 is 5.32 Å². The lowest BCUT2D eigenvalue weighted by Crippen LogP contribution is -2.27. The number of rotatable bonds is 13. The number of carbonyl (C=O) groups is 4. The van der Waals surface area contributed by atoms with Crippen LogP contribution in [0, 0.1) is 5.41 Å². The minimum absolute atomic E-state index is 0.00884. The van der Waals surface area contributed by atoms with Gasteiger partial charge in [0.2, 0.25) is 6.41 Å². The van der Waals surface area contributed by atoms with Crippen LogP contribution in [0.2, 0.25) is 0 Å². The second-order valence-electron chi connectivity index (χ2n) is 6.66. The summed E-state index contributed by atoms with van der Waals surface area (Å²) in [5.41, 5.74) is -0.543. The molecule has 0 radical (unpaired) electrons. The summed E-state index contributed by atoms with van der Waals surface area (Å²) in [4.78, 5) is 43.7. The van der Waals surface area contributed by atoms with Crippen molar-refractivity contribution >= 4 is 24.3 Å². The maximum atomic E-state index is 11.6. The third kappa shape index (κ3) is 15.8. The van der Waals surface area contributed by atoms with Crippen LogP contribution >= 0.6 is 0 Å². The van der Waals surface area contributed by atoms with Crippen molar-refractivity contribution in [1.29, 1.82) is 0 Å². The van der Waals surface area contributed by atoms with Crippen molar-refractivity contribution in [1.82, 2.24) is 5.32 Å². The zero-order valence-corrected chi connectivity index (χ0v) is 17.7. The molecule has 1 atom stereocenters. The van der Waals surface area contributed by atoms with Crippen molar-refractivity contribution in [2.75, 3.05) is 19.8 Å². The molecule has 0 aromatic carbocycles. The normalized spacial score (nSPS) is 11.2. The van der Waals surface area contributed by atoms with Crippen LogP contribution in [0.1, 0.15) is 60.3 Å². The summed E-state index contributed by atoms with van der Waals surface area (Å²) in [6, 6.07) is 0.331. The highest BCUT2D eigenvalue weighted by molar-refractivity contribution is 5.77. The highest BCUT2D eigenvalue weighted by atomic mass is 16.6. The predicted molar refractivity (Wildman–Crippen MR) is 105 cm³/mol. The summed E-state index contributed by atoms with van der Waals surface area (Å²) in [7, 11) is 0. The highest BCUT2D eigenvalue weighted by Crippen LogP contribution is 2.21. The largest absolute Gasteiger partial charge is 0.462 e. The van der Waals surface area contributed by atoms with Gasteiger partial charge in [0.1, 0.15) is 19.8 Å². The lowest BCUT2D eigenvalue weighted by molar-refractivity contribution is -0.159. The first-order chi connectivity index (χ1) is 13.1. The highest BCUT2D eigenvalue weighted by Gasteiger charge is 2.26. The number of hydrogen-bond donors (Lipinski definition) is 1. The molecular formula is C20H35NO7. The van der Waals surface area contributed by atoms with Gasteiger partial charge >= 0.3 is 17.9 Å². The fourth-order valence-electron chi connectivity index (χ4n) is 1.36. The molecular weight excluding hydrogens is 366 g/mol. The first kappa shape index (κ1) is 27.8. The summed E-state index contributed by atoms with van der Waals surface area (Å²) in [5, 5.41) is 2.61. The van der Waals surface area contributed by atoms with Crippen LogP contribution in [-0.4, -0.2) is 50.2 Å². The molecule has 0 aliphatic rings. The molecule has 0 aliphatic heterocycles. The Bertz CT molecular complexity index is 489. The lowest BCUT2D eigenvalue weighted by atomic mass is 9.91. The van der Waals surface area contributed by atoms with Gasteiger partial charge in [-0.05, 0) is 33.6 Å². The van der Waals surface area contributed by atoms with E-state index in [1.165, 1.54) is 6.08 Å². The Morgan fingerprint density at radius 3 is 2.00 bits per heavy atom. The summed E-state index contributed by atoms with van der Waals surface area (Å²) in [6.07, 6.45) is 3.73. The van der Waals surface area contributed by atoms with Gasteiger partial charge in [-0.2, -0.15) is 0 Å². The summed E-state index contributed by atoms with van der Waals surface area (Å²) in [5.74, 6) is -1.34. The molecule has 0 aliphatic carbocycles. The molecule has 0 fully saturated rings. The minimum Gasteiger partial charge on any atom is -0.462 e. The van der Waals surface area contributed by atoms with Crippen LogP contribution in [0.5, 0.6) is 0 Å². The molecule has 0 spiro atoms. The lowest BCUT2D eigenvalue weighted by Gasteiger charge is -2.20. The number of carbonyl (C=O) groups excluding carboxylic acids is 4. The molecule has 8 nitrogen and oxygen atoms in total. The SMILES string of the molecule is C=CCOC(=O)CCC(=O)OCCOC(=O)C(C)(C)CC.CCC(C)NC=O. The Balaban J connectivity index is 0. The van der Waals surface area contributed by atoms with Crippen molar-refractivity contribution in [2.24, 2.45) is 5.41 Å². The molecule has 1 N–H and O–H groups in total. The third-order valence-electron chi connectivity index (χ3n) is 3.88. The third-order valence-corrected chi connectivity index (χ3v) is 3.88. The Kier molecular flexibility index (Phi) is 16.7. The van der Waals surface area contributed by atoms with Gasteiger partial charge in [0.25, 0.3) is 0 Å². The topological polar surface area (TPSA) is 108 Å². The van der Waals surface area contributed by atoms with Crippen molar-refractivity contribution in [3.8, 4) is 0 Å². The second-order valence-corrected chi connectivity index (χ2v) is 6.66. The van der Waals surface area contributed by atoms with Gasteiger partial charge in [0, 0.05) is 6.04 Å². The zero-order chi connectivity index (χ0) is 22.0. The van der Waals surface area contributed by atoms with Gasteiger partial charge in [-0.15, -0.1) is 0 Å². The van der Waals surface area contributed by atoms with Gasteiger partial charge in [-0.3, -0.25) is 19.2 Å². The number of esters is 3. The van der Waals surface area contributed by atoms with Crippen LogP contribution in [-0.2, 0) is 33.4 Å². The second kappa shape index (κ2) is 16.8. The molecule has 1 unspecified atom stereocenters. The van der Waals surface area contributed by atoms with E-state index in [1.807, 2.05) is 20.8 Å². The molecule has 0 bridgehead atoms. The Labute approximate surface area is 168 Å². The first-order valence-electron chi connectivity index (χ1n) is 9.43. The molecule has 162 valence electrons. The summed E-state index contributed by atoms with van der Waals surface area (Å²) >= 11 is 0. The van der Waals surface area contributed by atoms with Crippen molar-refractivity contribution < 1.29 is 33.4 Å². The molecule has 0 saturated heterocycles. The number of ether oxygens (including phenoxy) is 3. The van der Waals surface area contributed by atoms with Crippen molar-refractivity contribution in [2.45, 2.75) is 66.3 Å². The maximum absolute atomic E-state index is 11.6. The van der Waals surface area contributed by atoms with Gasteiger partial charge < -0.3 is 19.5 Å². The Hall–Kier alpha value is -2.38. The fraction of sp³-hybridized carbons (Fsp3) is 0.700. The molecule has 0 aromatic heterocycles. The number of nitrogens with one attached hydrogen (secondary N) is 1. The smallest absolute Gasteiger partial charge is 0.311 e. The molecule has 0 heterocycles. The van der Waals surface area contributed by atoms with E-state index in [0.29, 0.717) is 12.5 Å². The van der Waals surface area contributed by atoms with Crippen LogP contribution in [0.4, 0.5) is 0 Å². The first-order valence-corrected chi connectivity index (χ1v) is 9.43. The van der Waals surface area contributed by atoms with Crippen LogP contribution in [0.15, 0.2) is 12.7 Å². The van der Waals surface area contributed by atoms with E-state index in [1.54, 1.807) is 13.8 Å². The Morgan fingerprint density at radius 2 is 1.57 bits per heavy atom. The number of hydrogen-bond acceptors (Lipinski definition) is 7. The van der Waals surface area contributed by atoms with Crippen LogP contribution in [0.25, 0.3) is 0 Å².